The Morgan fingerprint density at radius 1 is 0.667 bits per heavy atom. The van der Waals surface area contributed by atoms with Crippen LogP contribution in [-0.4, -0.2) is 19.9 Å². The molecule has 2 N–H and O–H groups in total. The normalized spacial score (nSPS) is 11.3. The highest BCUT2D eigenvalue weighted by atomic mass is 14.9. The molecule has 0 bridgehead atoms. The van der Waals surface area contributed by atoms with Gasteiger partial charge < -0.3 is 9.97 Å². The minimum atomic E-state index is 0.980. The third kappa shape index (κ3) is 1.20. The lowest BCUT2D eigenvalue weighted by atomic mass is 10.0. The fraction of sp³-hybridized carbons (Fsp3) is 0. The van der Waals surface area contributed by atoms with Crippen molar-refractivity contribution >= 4 is 22.1 Å². The first-order valence-corrected chi connectivity index (χ1v) is 5.78. The number of hydrogen-bond acceptors (Lipinski definition) is 2. The van der Waals surface area contributed by atoms with Gasteiger partial charge in [-0.1, -0.05) is 24.3 Å². The van der Waals surface area contributed by atoms with Gasteiger partial charge in [0.25, 0.3) is 0 Å². The van der Waals surface area contributed by atoms with E-state index >= 15 is 0 Å². The van der Waals surface area contributed by atoms with Crippen LogP contribution in [0.5, 0.6) is 0 Å². The molecule has 0 aliphatic heterocycles. The predicted molar refractivity (Wildman–Crippen MR) is 71.2 cm³/mol. The van der Waals surface area contributed by atoms with Crippen molar-refractivity contribution in [2.45, 2.75) is 0 Å². The minimum absolute atomic E-state index is 0.980. The Labute approximate surface area is 103 Å². The summed E-state index contributed by atoms with van der Waals surface area (Å²) in [7, 11) is 0. The second kappa shape index (κ2) is 3.43. The Bertz CT molecular complexity index is 769. The fourth-order valence-corrected chi connectivity index (χ4v) is 2.37. The van der Waals surface area contributed by atoms with Crippen LogP contribution in [-0.2, 0) is 0 Å². The Morgan fingerprint density at radius 2 is 1.17 bits per heavy atom. The second-order valence-corrected chi connectivity index (χ2v) is 4.21. The van der Waals surface area contributed by atoms with E-state index in [1.807, 2.05) is 24.3 Å². The van der Waals surface area contributed by atoms with Gasteiger partial charge in [0.05, 0.1) is 34.7 Å². The monoisotopic (exact) mass is 234 g/mol. The Kier molecular flexibility index (Phi) is 1.80. The number of imidazole rings is 2. The smallest absolute Gasteiger partial charge is 0.0961 e. The number of nitrogens with zero attached hydrogens (tertiary/aromatic N) is 2. The maximum absolute atomic E-state index is 4.39. The quantitative estimate of drug-likeness (QED) is 0.531. The van der Waals surface area contributed by atoms with Crippen LogP contribution in [0, 0.1) is 0 Å². The van der Waals surface area contributed by atoms with Crippen molar-refractivity contribution in [2.24, 2.45) is 0 Å². The largest absolute Gasteiger partial charge is 0.345 e. The minimum Gasteiger partial charge on any atom is -0.345 e. The molecule has 0 radical (unpaired) electrons. The molecule has 0 saturated heterocycles. The van der Waals surface area contributed by atoms with E-state index in [-0.39, 0.29) is 0 Å². The first-order chi connectivity index (χ1) is 8.93. The lowest BCUT2D eigenvalue weighted by Crippen LogP contribution is -1.83. The molecule has 0 amide bonds. The highest BCUT2D eigenvalue weighted by Crippen LogP contribution is 2.30. The van der Waals surface area contributed by atoms with Crippen LogP contribution in [0.25, 0.3) is 33.2 Å². The van der Waals surface area contributed by atoms with Gasteiger partial charge in [0.1, 0.15) is 0 Å². The molecular weight excluding hydrogens is 224 g/mol. The van der Waals surface area contributed by atoms with Gasteiger partial charge in [-0.25, -0.2) is 9.97 Å². The summed E-state index contributed by atoms with van der Waals surface area (Å²) in [6.07, 6.45) is 3.44. The summed E-state index contributed by atoms with van der Waals surface area (Å²) in [5.41, 5.74) is 6.25. The second-order valence-electron chi connectivity index (χ2n) is 4.21. The molecule has 2 aromatic carbocycles. The van der Waals surface area contributed by atoms with E-state index in [9.17, 15) is 0 Å². The van der Waals surface area contributed by atoms with Crippen molar-refractivity contribution in [2.75, 3.05) is 0 Å². The summed E-state index contributed by atoms with van der Waals surface area (Å²) >= 11 is 0. The van der Waals surface area contributed by atoms with Gasteiger partial charge in [-0.2, -0.15) is 0 Å². The van der Waals surface area contributed by atoms with Crippen LogP contribution < -0.4 is 0 Å². The average Bonchev–Trinajstić information content (AvgIpc) is 3.06. The van der Waals surface area contributed by atoms with Crippen molar-refractivity contribution < 1.29 is 0 Å². The summed E-state index contributed by atoms with van der Waals surface area (Å²) in [5.74, 6) is 0. The van der Waals surface area contributed by atoms with Crippen molar-refractivity contribution in [3.63, 3.8) is 0 Å². The first-order valence-electron chi connectivity index (χ1n) is 5.78. The van der Waals surface area contributed by atoms with E-state index in [4.69, 9.17) is 0 Å². The maximum atomic E-state index is 4.39. The lowest BCUT2D eigenvalue weighted by molar-refractivity contribution is 1.34. The van der Waals surface area contributed by atoms with Crippen LogP contribution in [0.15, 0.2) is 49.1 Å². The molecule has 0 aliphatic rings. The molecule has 4 nitrogen and oxygen atoms in total. The van der Waals surface area contributed by atoms with Gasteiger partial charge in [0.15, 0.2) is 0 Å². The van der Waals surface area contributed by atoms with Gasteiger partial charge in [-0.15, -0.1) is 0 Å². The van der Waals surface area contributed by atoms with E-state index in [1.54, 1.807) is 12.7 Å². The lowest BCUT2D eigenvalue weighted by Gasteiger charge is -2.03. The molecule has 4 rings (SSSR count). The molecule has 0 unspecified atom stereocenters. The molecule has 0 fully saturated rings. The summed E-state index contributed by atoms with van der Waals surface area (Å²) in [5, 5.41) is 0. The number of rotatable bonds is 1. The van der Waals surface area contributed by atoms with E-state index < -0.39 is 0 Å². The molecule has 2 heterocycles. The zero-order chi connectivity index (χ0) is 11.9. The fourth-order valence-electron chi connectivity index (χ4n) is 2.37. The van der Waals surface area contributed by atoms with E-state index in [1.165, 1.54) is 0 Å². The van der Waals surface area contributed by atoms with E-state index in [0.717, 1.165) is 33.2 Å². The third-order valence-corrected chi connectivity index (χ3v) is 3.19. The molecule has 0 atom stereocenters. The zero-order valence-electron chi connectivity index (χ0n) is 9.51. The number of benzene rings is 2. The highest BCUT2D eigenvalue weighted by molar-refractivity contribution is 6.00. The summed E-state index contributed by atoms with van der Waals surface area (Å²) in [6.45, 7) is 0. The molecular formula is C14H10N4. The Morgan fingerprint density at radius 3 is 1.67 bits per heavy atom. The van der Waals surface area contributed by atoms with E-state index in [2.05, 4.69) is 32.1 Å². The van der Waals surface area contributed by atoms with Crippen molar-refractivity contribution in [3.8, 4) is 11.1 Å². The third-order valence-electron chi connectivity index (χ3n) is 3.19. The predicted octanol–water partition coefficient (Wildman–Crippen LogP) is 3.11. The number of para-hydroxylation sites is 2. The zero-order valence-corrected chi connectivity index (χ0v) is 9.51. The van der Waals surface area contributed by atoms with Crippen molar-refractivity contribution in [1.82, 2.24) is 19.9 Å². The van der Waals surface area contributed by atoms with Crippen LogP contribution in [0.1, 0.15) is 0 Å². The van der Waals surface area contributed by atoms with Crippen LogP contribution >= 0.6 is 0 Å². The average molecular weight is 234 g/mol. The summed E-state index contributed by atoms with van der Waals surface area (Å²) in [6, 6.07) is 12.3. The van der Waals surface area contributed by atoms with Gasteiger partial charge in [0, 0.05) is 11.1 Å². The molecule has 0 saturated carbocycles. The number of nitrogens with one attached hydrogen (secondary N) is 2. The molecule has 0 spiro atoms. The Balaban J connectivity index is 2.13. The maximum Gasteiger partial charge on any atom is 0.0961 e. The van der Waals surface area contributed by atoms with Crippen LogP contribution in [0.2, 0.25) is 0 Å². The van der Waals surface area contributed by atoms with Crippen molar-refractivity contribution in [3.05, 3.63) is 49.1 Å². The van der Waals surface area contributed by atoms with Crippen LogP contribution in [0.3, 0.4) is 0 Å². The van der Waals surface area contributed by atoms with Crippen LogP contribution in [0.4, 0.5) is 0 Å². The topological polar surface area (TPSA) is 57.4 Å². The molecule has 86 valence electrons. The molecule has 4 aromatic rings. The number of hydrogen-bond donors (Lipinski definition) is 2. The van der Waals surface area contributed by atoms with Gasteiger partial charge in [-0.05, 0) is 12.1 Å². The molecule has 2 aromatic heterocycles. The van der Waals surface area contributed by atoms with E-state index in [0.29, 0.717) is 0 Å². The van der Waals surface area contributed by atoms with Gasteiger partial charge >= 0.3 is 0 Å². The first kappa shape index (κ1) is 9.41. The summed E-state index contributed by atoms with van der Waals surface area (Å²) < 4.78 is 0. The van der Waals surface area contributed by atoms with Gasteiger partial charge in [-0.3, -0.25) is 0 Å². The molecule has 4 heteroatoms. The number of aromatic nitrogens is 4. The van der Waals surface area contributed by atoms with Gasteiger partial charge in [0.2, 0.25) is 0 Å². The molecule has 0 aliphatic carbocycles. The number of aromatic amines is 2. The number of fused-ring (bicyclic) bond motifs is 2. The van der Waals surface area contributed by atoms with Crippen molar-refractivity contribution in [1.29, 1.82) is 0 Å². The standard InChI is InChI=1S/C14H10N4/c1-3-9(13-11(5-1)15-7-17-13)10-4-2-6-12-14(10)18-8-16-12/h1-8H,(H,15,17)(H,16,18). The molecule has 18 heavy (non-hydrogen) atoms. The number of H-pyrrole nitrogens is 2. The summed E-state index contributed by atoms with van der Waals surface area (Å²) in [4.78, 5) is 15.0. The Hall–Kier alpha value is -2.62. The highest BCUT2D eigenvalue weighted by Gasteiger charge is 2.10. The SMILES string of the molecule is c1cc(-c2cccc3[nH]cnc23)c2nc[nH]c2c1.